The summed E-state index contributed by atoms with van der Waals surface area (Å²) in [5, 5.41) is 5.67. The average molecular weight is 419 g/mol. The predicted octanol–water partition coefficient (Wildman–Crippen LogP) is 5.18. The lowest BCUT2D eigenvalue weighted by molar-refractivity contribution is 0.399. The summed E-state index contributed by atoms with van der Waals surface area (Å²) in [6, 6.07) is 8.64. The number of hydrogen-bond acceptors (Lipinski definition) is 3. The fourth-order valence-electron chi connectivity index (χ4n) is 2.17. The largest absolute Gasteiger partial charge is 0.496 e. The maximum atomic E-state index is 5.52. The SMILES string of the molecule is CCNC(Cc1cc(Br)cs1)c1ccc(Br)cc1OC. The van der Waals surface area contributed by atoms with Gasteiger partial charge in [0.2, 0.25) is 0 Å². The molecular weight excluding hydrogens is 402 g/mol. The minimum atomic E-state index is 0.258. The summed E-state index contributed by atoms with van der Waals surface area (Å²) in [5.41, 5.74) is 1.20. The zero-order valence-corrected chi connectivity index (χ0v) is 15.4. The van der Waals surface area contributed by atoms with Crippen LogP contribution in [-0.2, 0) is 6.42 Å². The van der Waals surface area contributed by atoms with Crippen molar-refractivity contribution in [2.75, 3.05) is 13.7 Å². The summed E-state index contributed by atoms with van der Waals surface area (Å²) in [6.45, 7) is 3.05. The Morgan fingerprint density at radius 2 is 2.05 bits per heavy atom. The highest BCUT2D eigenvalue weighted by molar-refractivity contribution is 9.10. The fourth-order valence-corrected chi connectivity index (χ4v) is 4.01. The molecule has 0 spiro atoms. The summed E-state index contributed by atoms with van der Waals surface area (Å²) in [7, 11) is 1.72. The molecule has 1 heterocycles. The van der Waals surface area contributed by atoms with Crippen LogP contribution in [0.2, 0.25) is 0 Å². The topological polar surface area (TPSA) is 21.3 Å². The third-order valence-corrected chi connectivity index (χ3v) is 5.26. The van der Waals surface area contributed by atoms with E-state index in [4.69, 9.17) is 4.74 Å². The Labute approximate surface area is 140 Å². The van der Waals surface area contributed by atoms with E-state index in [-0.39, 0.29) is 6.04 Å². The van der Waals surface area contributed by atoms with E-state index in [1.54, 1.807) is 18.4 Å². The number of ether oxygens (including phenoxy) is 1. The lowest BCUT2D eigenvalue weighted by Gasteiger charge is -2.20. The molecule has 2 aromatic rings. The molecule has 1 unspecified atom stereocenters. The Kier molecular flexibility index (Phi) is 6.08. The number of methoxy groups -OCH3 is 1. The van der Waals surface area contributed by atoms with E-state index in [1.807, 2.05) is 6.07 Å². The standard InChI is InChI=1S/C15H17Br2NOS/c1-3-18-14(8-12-6-11(17)9-20-12)13-5-4-10(16)7-15(13)19-2/h4-7,9,14,18H,3,8H2,1-2H3. The molecule has 0 amide bonds. The zero-order valence-electron chi connectivity index (χ0n) is 11.5. The number of rotatable bonds is 6. The molecular formula is C15H17Br2NOS. The van der Waals surface area contributed by atoms with Crippen LogP contribution in [0.4, 0.5) is 0 Å². The van der Waals surface area contributed by atoms with E-state index in [2.05, 4.69) is 67.7 Å². The Hall–Kier alpha value is -0.360. The lowest BCUT2D eigenvalue weighted by Crippen LogP contribution is -2.23. The monoisotopic (exact) mass is 417 g/mol. The number of nitrogens with one attached hydrogen (secondary N) is 1. The van der Waals surface area contributed by atoms with Crippen molar-refractivity contribution in [2.24, 2.45) is 0 Å². The van der Waals surface area contributed by atoms with Gasteiger partial charge in [0.25, 0.3) is 0 Å². The van der Waals surface area contributed by atoms with Crippen LogP contribution < -0.4 is 10.1 Å². The van der Waals surface area contributed by atoms with Crippen LogP contribution in [0.5, 0.6) is 5.75 Å². The van der Waals surface area contributed by atoms with Crippen LogP contribution >= 0.6 is 43.2 Å². The van der Waals surface area contributed by atoms with E-state index in [0.29, 0.717) is 0 Å². The molecule has 1 atom stereocenters. The molecule has 1 N–H and O–H groups in total. The maximum absolute atomic E-state index is 5.52. The van der Waals surface area contributed by atoms with Gasteiger partial charge in [-0.1, -0.05) is 28.9 Å². The smallest absolute Gasteiger partial charge is 0.124 e. The number of halogens is 2. The van der Waals surface area contributed by atoms with Crippen molar-refractivity contribution in [3.8, 4) is 5.75 Å². The Morgan fingerprint density at radius 1 is 1.25 bits per heavy atom. The van der Waals surface area contributed by atoms with Gasteiger partial charge in [0, 0.05) is 37.2 Å². The van der Waals surface area contributed by atoms with Crippen molar-refractivity contribution in [3.63, 3.8) is 0 Å². The lowest BCUT2D eigenvalue weighted by atomic mass is 10.0. The first-order valence-electron chi connectivity index (χ1n) is 6.43. The van der Waals surface area contributed by atoms with E-state index in [1.165, 1.54) is 10.4 Å². The van der Waals surface area contributed by atoms with Crippen LogP contribution in [0.1, 0.15) is 23.4 Å². The zero-order chi connectivity index (χ0) is 14.5. The summed E-state index contributed by atoms with van der Waals surface area (Å²) in [4.78, 5) is 1.35. The van der Waals surface area contributed by atoms with Gasteiger partial charge in [-0.15, -0.1) is 11.3 Å². The van der Waals surface area contributed by atoms with Crippen molar-refractivity contribution < 1.29 is 4.74 Å². The molecule has 0 radical (unpaired) electrons. The third-order valence-electron chi connectivity index (χ3n) is 3.05. The second-order valence-corrected chi connectivity index (χ2v) is 7.26. The van der Waals surface area contributed by atoms with Gasteiger partial charge in [0.15, 0.2) is 0 Å². The molecule has 5 heteroatoms. The quantitative estimate of drug-likeness (QED) is 0.698. The highest BCUT2D eigenvalue weighted by Gasteiger charge is 2.17. The van der Waals surface area contributed by atoms with Crippen LogP contribution in [-0.4, -0.2) is 13.7 Å². The number of benzene rings is 1. The molecule has 1 aromatic heterocycles. The molecule has 0 aliphatic carbocycles. The van der Waals surface area contributed by atoms with Gasteiger partial charge in [0.05, 0.1) is 7.11 Å². The van der Waals surface area contributed by atoms with Gasteiger partial charge < -0.3 is 10.1 Å². The molecule has 20 heavy (non-hydrogen) atoms. The van der Waals surface area contributed by atoms with Crippen molar-refractivity contribution in [1.29, 1.82) is 0 Å². The molecule has 1 aromatic carbocycles. The molecule has 0 bridgehead atoms. The van der Waals surface area contributed by atoms with Crippen LogP contribution in [0.25, 0.3) is 0 Å². The minimum Gasteiger partial charge on any atom is -0.496 e. The van der Waals surface area contributed by atoms with Crippen molar-refractivity contribution >= 4 is 43.2 Å². The highest BCUT2D eigenvalue weighted by Crippen LogP contribution is 2.32. The van der Waals surface area contributed by atoms with Crippen molar-refractivity contribution in [3.05, 3.63) is 49.0 Å². The van der Waals surface area contributed by atoms with Gasteiger partial charge in [0.1, 0.15) is 5.75 Å². The van der Waals surface area contributed by atoms with E-state index in [0.717, 1.165) is 27.7 Å². The molecule has 2 rings (SSSR count). The van der Waals surface area contributed by atoms with E-state index in [9.17, 15) is 0 Å². The van der Waals surface area contributed by atoms with Crippen LogP contribution in [0.15, 0.2) is 38.6 Å². The first-order valence-corrected chi connectivity index (χ1v) is 8.90. The summed E-state index contributed by atoms with van der Waals surface area (Å²) >= 11 is 8.78. The normalized spacial score (nSPS) is 12.4. The summed E-state index contributed by atoms with van der Waals surface area (Å²) < 4.78 is 7.70. The van der Waals surface area contributed by atoms with Gasteiger partial charge in [-0.2, -0.15) is 0 Å². The average Bonchev–Trinajstić information content (AvgIpc) is 2.83. The highest BCUT2D eigenvalue weighted by atomic mass is 79.9. The molecule has 108 valence electrons. The number of thiophene rings is 1. The van der Waals surface area contributed by atoms with Crippen molar-refractivity contribution in [2.45, 2.75) is 19.4 Å². The molecule has 2 nitrogen and oxygen atoms in total. The molecule has 0 saturated carbocycles. The first-order chi connectivity index (χ1) is 9.63. The van der Waals surface area contributed by atoms with E-state index < -0.39 is 0 Å². The second kappa shape index (κ2) is 7.59. The minimum absolute atomic E-state index is 0.258. The molecule has 0 fully saturated rings. The Bertz CT molecular complexity index is 571. The third kappa shape index (κ3) is 4.07. The summed E-state index contributed by atoms with van der Waals surface area (Å²) in [5.74, 6) is 0.918. The van der Waals surface area contributed by atoms with Gasteiger partial charge in [-0.3, -0.25) is 0 Å². The van der Waals surface area contributed by atoms with E-state index >= 15 is 0 Å². The van der Waals surface area contributed by atoms with Crippen molar-refractivity contribution in [1.82, 2.24) is 5.32 Å². The molecule has 0 aliphatic heterocycles. The number of hydrogen-bond donors (Lipinski definition) is 1. The van der Waals surface area contributed by atoms with Crippen LogP contribution in [0.3, 0.4) is 0 Å². The maximum Gasteiger partial charge on any atom is 0.124 e. The Balaban J connectivity index is 2.28. The molecule has 0 aliphatic rings. The first kappa shape index (κ1) is 16.0. The Morgan fingerprint density at radius 3 is 2.65 bits per heavy atom. The van der Waals surface area contributed by atoms with Gasteiger partial charge in [-0.25, -0.2) is 0 Å². The number of likely N-dealkylation sites (N-methyl/N-ethyl adjacent to an activating group) is 1. The van der Waals surface area contributed by atoms with Crippen LogP contribution in [0, 0.1) is 0 Å². The predicted molar refractivity (Wildman–Crippen MR) is 92.8 cm³/mol. The van der Waals surface area contributed by atoms with Gasteiger partial charge >= 0.3 is 0 Å². The fraction of sp³-hybridized carbons (Fsp3) is 0.333. The molecule has 0 saturated heterocycles. The second-order valence-electron chi connectivity index (χ2n) is 4.43. The summed E-state index contributed by atoms with van der Waals surface area (Å²) in [6.07, 6.45) is 0.960. The van der Waals surface area contributed by atoms with Gasteiger partial charge in [-0.05, 0) is 40.7 Å².